The summed E-state index contributed by atoms with van der Waals surface area (Å²) in [5.41, 5.74) is 2.08. The average Bonchev–Trinajstić information content (AvgIpc) is 3.29. The molecule has 3 aromatic rings. The largest absolute Gasteiger partial charge is 0.497 e. The lowest BCUT2D eigenvalue weighted by atomic mass is 10.2. The average molecular weight is 508 g/mol. The Morgan fingerprint density at radius 2 is 1.90 bits per heavy atom. The van der Waals surface area contributed by atoms with Gasteiger partial charge in [-0.05, 0) is 35.9 Å². The number of halogens is 1. The van der Waals surface area contributed by atoms with Crippen molar-refractivity contribution in [3.05, 3.63) is 66.1 Å². The second kappa shape index (κ2) is 11.2. The molecular formula is C20H25IN6O2. The molecule has 8 nitrogen and oxygen atoms in total. The van der Waals surface area contributed by atoms with Gasteiger partial charge in [-0.15, -0.1) is 24.0 Å². The summed E-state index contributed by atoms with van der Waals surface area (Å²) in [7, 11) is 5.02. The SMILES string of the molecule is CN=C(NCc1ccnc(-n2cccn2)c1)NCc1ccc(OC)cc1OC.I. The van der Waals surface area contributed by atoms with Crippen LogP contribution in [0.1, 0.15) is 11.1 Å². The van der Waals surface area contributed by atoms with E-state index in [1.165, 1.54) is 0 Å². The van der Waals surface area contributed by atoms with Crippen LogP contribution < -0.4 is 20.1 Å². The number of aliphatic imine (C=N–C) groups is 1. The molecule has 0 aliphatic rings. The summed E-state index contributed by atoms with van der Waals surface area (Å²) in [5, 5.41) is 10.8. The van der Waals surface area contributed by atoms with Crippen molar-refractivity contribution in [2.24, 2.45) is 4.99 Å². The quantitative estimate of drug-likeness (QED) is 0.290. The molecule has 0 radical (unpaired) electrons. The normalized spacial score (nSPS) is 10.8. The number of benzene rings is 1. The van der Waals surface area contributed by atoms with E-state index in [-0.39, 0.29) is 24.0 Å². The van der Waals surface area contributed by atoms with Crippen LogP contribution in [-0.4, -0.2) is 42.0 Å². The standard InChI is InChI=1S/C20H24N6O2.HI/c1-21-20(24-14-16-5-6-17(27-2)12-18(16)28-3)23-13-15-7-9-22-19(11-15)26-10-4-8-25-26;/h4-12H,13-14H2,1-3H3,(H2,21,23,24);1H. The highest BCUT2D eigenvalue weighted by molar-refractivity contribution is 14.0. The predicted octanol–water partition coefficient (Wildman–Crippen LogP) is 2.77. The molecule has 0 bridgehead atoms. The fourth-order valence-electron chi connectivity index (χ4n) is 2.68. The highest BCUT2D eigenvalue weighted by atomic mass is 127. The number of nitrogens with zero attached hydrogens (tertiary/aromatic N) is 4. The van der Waals surface area contributed by atoms with Crippen molar-refractivity contribution in [1.29, 1.82) is 0 Å². The zero-order chi connectivity index (χ0) is 19.8. The van der Waals surface area contributed by atoms with Gasteiger partial charge in [-0.2, -0.15) is 5.10 Å². The molecule has 0 saturated carbocycles. The number of hydrogen-bond donors (Lipinski definition) is 2. The maximum Gasteiger partial charge on any atom is 0.191 e. The number of pyridine rings is 1. The van der Waals surface area contributed by atoms with E-state index in [0.29, 0.717) is 19.0 Å². The number of rotatable bonds is 7. The van der Waals surface area contributed by atoms with Crippen molar-refractivity contribution >= 4 is 29.9 Å². The molecule has 1 aromatic carbocycles. The zero-order valence-corrected chi connectivity index (χ0v) is 19.0. The van der Waals surface area contributed by atoms with Gasteiger partial charge in [0.05, 0.1) is 14.2 Å². The molecule has 0 saturated heterocycles. The monoisotopic (exact) mass is 508 g/mol. The third-order valence-corrected chi connectivity index (χ3v) is 4.17. The summed E-state index contributed by atoms with van der Waals surface area (Å²) in [6.45, 7) is 1.18. The van der Waals surface area contributed by atoms with E-state index in [1.807, 2.05) is 42.6 Å². The lowest BCUT2D eigenvalue weighted by Gasteiger charge is -2.14. The van der Waals surface area contributed by atoms with Crippen molar-refractivity contribution in [3.8, 4) is 17.3 Å². The third-order valence-electron chi connectivity index (χ3n) is 4.17. The van der Waals surface area contributed by atoms with Crippen molar-refractivity contribution in [3.63, 3.8) is 0 Å². The Balaban J connectivity index is 0.00000300. The minimum Gasteiger partial charge on any atom is -0.497 e. The lowest BCUT2D eigenvalue weighted by molar-refractivity contribution is 0.390. The highest BCUT2D eigenvalue weighted by Crippen LogP contribution is 2.24. The molecule has 9 heteroatoms. The number of aromatic nitrogens is 3. The van der Waals surface area contributed by atoms with Gasteiger partial charge in [0.2, 0.25) is 0 Å². The summed E-state index contributed by atoms with van der Waals surface area (Å²) in [4.78, 5) is 8.62. The first-order valence-electron chi connectivity index (χ1n) is 8.84. The minimum atomic E-state index is 0. The third kappa shape index (κ3) is 6.08. The summed E-state index contributed by atoms with van der Waals surface area (Å²) in [6, 6.07) is 11.5. The summed E-state index contributed by atoms with van der Waals surface area (Å²) in [6.07, 6.45) is 5.36. The Morgan fingerprint density at radius 3 is 2.59 bits per heavy atom. The molecule has 0 atom stereocenters. The molecule has 0 amide bonds. The molecule has 154 valence electrons. The van der Waals surface area contributed by atoms with E-state index in [0.717, 1.165) is 28.4 Å². The molecule has 0 aliphatic carbocycles. The number of methoxy groups -OCH3 is 2. The minimum absolute atomic E-state index is 0. The second-order valence-electron chi connectivity index (χ2n) is 5.93. The van der Waals surface area contributed by atoms with E-state index < -0.39 is 0 Å². The van der Waals surface area contributed by atoms with Gasteiger partial charge in [-0.3, -0.25) is 4.99 Å². The number of hydrogen-bond acceptors (Lipinski definition) is 5. The molecule has 29 heavy (non-hydrogen) atoms. The fourth-order valence-corrected chi connectivity index (χ4v) is 2.68. The first-order valence-corrected chi connectivity index (χ1v) is 8.84. The van der Waals surface area contributed by atoms with Crippen molar-refractivity contribution < 1.29 is 9.47 Å². The van der Waals surface area contributed by atoms with Crippen molar-refractivity contribution in [2.45, 2.75) is 13.1 Å². The van der Waals surface area contributed by atoms with Crippen LogP contribution in [0, 0.1) is 0 Å². The van der Waals surface area contributed by atoms with Crippen LogP contribution in [0.25, 0.3) is 5.82 Å². The van der Waals surface area contributed by atoms with Crippen LogP contribution in [0.5, 0.6) is 11.5 Å². The van der Waals surface area contributed by atoms with Crippen LogP contribution in [-0.2, 0) is 13.1 Å². The number of nitrogens with one attached hydrogen (secondary N) is 2. The van der Waals surface area contributed by atoms with Gasteiger partial charge in [0.25, 0.3) is 0 Å². The lowest BCUT2D eigenvalue weighted by Crippen LogP contribution is -2.36. The Labute approximate surface area is 187 Å². The smallest absolute Gasteiger partial charge is 0.191 e. The zero-order valence-electron chi connectivity index (χ0n) is 16.6. The predicted molar refractivity (Wildman–Crippen MR) is 123 cm³/mol. The molecule has 0 fully saturated rings. The second-order valence-corrected chi connectivity index (χ2v) is 5.93. The number of guanidine groups is 1. The van der Waals surface area contributed by atoms with Crippen molar-refractivity contribution in [1.82, 2.24) is 25.4 Å². The Morgan fingerprint density at radius 1 is 1.07 bits per heavy atom. The van der Waals surface area contributed by atoms with Gasteiger partial charge < -0.3 is 20.1 Å². The van der Waals surface area contributed by atoms with E-state index in [4.69, 9.17) is 9.47 Å². The molecule has 2 heterocycles. The molecular weight excluding hydrogens is 483 g/mol. The van der Waals surface area contributed by atoms with Crippen LogP contribution in [0.2, 0.25) is 0 Å². The number of ether oxygens (including phenoxy) is 2. The summed E-state index contributed by atoms with van der Waals surface area (Å²) < 4.78 is 12.4. The molecule has 3 rings (SSSR count). The van der Waals surface area contributed by atoms with Crippen LogP contribution in [0.15, 0.2) is 60.0 Å². The van der Waals surface area contributed by atoms with Gasteiger partial charge in [-0.1, -0.05) is 0 Å². The highest BCUT2D eigenvalue weighted by Gasteiger charge is 2.07. The Bertz CT molecular complexity index is 930. The van der Waals surface area contributed by atoms with Gasteiger partial charge in [0, 0.05) is 50.4 Å². The van der Waals surface area contributed by atoms with Gasteiger partial charge in [0.1, 0.15) is 11.5 Å². The molecule has 0 aliphatic heterocycles. The maximum absolute atomic E-state index is 5.44. The van der Waals surface area contributed by atoms with Crippen LogP contribution >= 0.6 is 24.0 Å². The van der Waals surface area contributed by atoms with E-state index in [2.05, 4.69) is 25.7 Å². The van der Waals surface area contributed by atoms with E-state index in [1.54, 1.807) is 38.3 Å². The van der Waals surface area contributed by atoms with E-state index >= 15 is 0 Å². The first kappa shape index (κ1) is 22.5. The van der Waals surface area contributed by atoms with Gasteiger partial charge >= 0.3 is 0 Å². The fraction of sp³-hybridized carbons (Fsp3) is 0.250. The molecule has 0 unspecified atom stereocenters. The summed E-state index contributed by atoms with van der Waals surface area (Å²) >= 11 is 0. The van der Waals surface area contributed by atoms with Gasteiger partial charge in [0.15, 0.2) is 11.8 Å². The molecule has 0 spiro atoms. The Hall–Kier alpha value is -2.82. The molecule has 2 N–H and O–H groups in total. The topological polar surface area (TPSA) is 85.6 Å². The summed E-state index contributed by atoms with van der Waals surface area (Å²) in [5.74, 6) is 2.99. The van der Waals surface area contributed by atoms with Crippen molar-refractivity contribution in [2.75, 3.05) is 21.3 Å². The first-order chi connectivity index (χ1) is 13.7. The van der Waals surface area contributed by atoms with E-state index in [9.17, 15) is 0 Å². The van der Waals surface area contributed by atoms with Crippen LogP contribution in [0.3, 0.4) is 0 Å². The maximum atomic E-state index is 5.44. The van der Waals surface area contributed by atoms with Crippen LogP contribution in [0.4, 0.5) is 0 Å². The Kier molecular flexibility index (Phi) is 8.71. The van der Waals surface area contributed by atoms with Gasteiger partial charge in [-0.25, -0.2) is 9.67 Å². The molecule has 2 aromatic heterocycles.